The second-order valence-electron chi connectivity index (χ2n) is 4.44. The lowest BCUT2D eigenvalue weighted by atomic mass is 9.88. The summed E-state index contributed by atoms with van der Waals surface area (Å²) in [5.74, 6) is 0. The molecule has 1 unspecified atom stereocenters. The van der Waals surface area contributed by atoms with Crippen LogP contribution < -0.4 is 0 Å². The van der Waals surface area contributed by atoms with Crippen molar-refractivity contribution in [1.29, 1.82) is 0 Å². The fraction of sp³-hybridized carbons (Fsp3) is 0.538. The van der Waals surface area contributed by atoms with Gasteiger partial charge in [-0.05, 0) is 68.0 Å². The number of hydrogen-bond donors (Lipinski definition) is 0. The number of rotatable bonds is 1. The molecule has 0 radical (unpaired) electrons. The third-order valence-corrected chi connectivity index (χ3v) is 4.58. The Bertz CT molecular complexity index is 418. The molecule has 0 heterocycles. The molecule has 0 nitrogen and oxygen atoms in total. The SMILES string of the molecule is Cc1c(C)c(C)c(C(Br)C(F)(F)F)c(C)c1C. The van der Waals surface area contributed by atoms with E-state index in [4.69, 9.17) is 0 Å². The minimum absolute atomic E-state index is 0.359. The molecule has 0 fully saturated rings. The van der Waals surface area contributed by atoms with Gasteiger partial charge in [0.05, 0.1) is 0 Å². The van der Waals surface area contributed by atoms with Crippen LogP contribution in [0.4, 0.5) is 13.2 Å². The highest BCUT2D eigenvalue weighted by molar-refractivity contribution is 9.09. The first-order chi connectivity index (χ1) is 7.59. The van der Waals surface area contributed by atoms with Crippen LogP contribution in [-0.2, 0) is 0 Å². The minimum atomic E-state index is -4.26. The highest BCUT2D eigenvalue weighted by Crippen LogP contribution is 2.44. The summed E-state index contributed by atoms with van der Waals surface area (Å²) in [4.78, 5) is -1.59. The molecule has 96 valence electrons. The molecule has 1 aromatic carbocycles. The summed E-state index contributed by atoms with van der Waals surface area (Å²) in [7, 11) is 0. The van der Waals surface area contributed by atoms with Crippen LogP contribution in [0.2, 0.25) is 0 Å². The second-order valence-corrected chi connectivity index (χ2v) is 5.36. The van der Waals surface area contributed by atoms with Crippen LogP contribution in [0, 0.1) is 34.6 Å². The Hall–Kier alpha value is -0.510. The van der Waals surface area contributed by atoms with E-state index in [1.807, 2.05) is 20.8 Å². The first kappa shape index (κ1) is 14.6. The molecule has 1 aromatic rings. The Balaban J connectivity index is 3.55. The highest BCUT2D eigenvalue weighted by Gasteiger charge is 2.40. The lowest BCUT2D eigenvalue weighted by Crippen LogP contribution is -2.18. The van der Waals surface area contributed by atoms with Gasteiger partial charge < -0.3 is 0 Å². The summed E-state index contributed by atoms with van der Waals surface area (Å²) < 4.78 is 38.4. The predicted molar refractivity (Wildman–Crippen MR) is 67.9 cm³/mol. The first-order valence-corrected chi connectivity index (χ1v) is 6.28. The summed E-state index contributed by atoms with van der Waals surface area (Å²) >= 11 is 2.78. The van der Waals surface area contributed by atoms with Gasteiger partial charge in [-0.25, -0.2) is 0 Å². The van der Waals surface area contributed by atoms with Crippen molar-refractivity contribution in [2.24, 2.45) is 0 Å². The molecule has 0 aliphatic rings. The maximum absolute atomic E-state index is 12.8. The van der Waals surface area contributed by atoms with E-state index in [0.29, 0.717) is 5.56 Å². The number of alkyl halides is 4. The van der Waals surface area contributed by atoms with E-state index in [0.717, 1.165) is 27.8 Å². The zero-order chi connectivity index (χ0) is 13.5. The standard InChI is InChI=1S/C13H16BrF3/c1-6-7(2)9(4)11(10(5)8(6)3)12(14)13(15,16)17/h12H,1-5H3. The molecule has 0 aromatic heterocycles. The lowest BCUT2D eigenvalue weighted by Gasteiger charge is -2.23. The van der Waals surface area contributed by atoms with E-state index in [1.54, 1.807) is 13.8 Å². The average Bonchev–Trinajstić information content (AvgIpc) is 2.22. The van der Waals surface area contributed by atoms with Crippen LogP contribution in [0.3, 0.4) is 0 Å². The van der Waals surface area contributed by atoms with E-state index < -0.39 is 11.0 Å². The maximum atomic E-state index is 12.8. The van der Waals surface area contributed by atoms with Gasteiger partial charge in [0.25, 0.3) is 0 Å². The van der Waals surface area contributed by atoms with Crippen molar-refractivity contribution < 1.29 is 13.2 Å². The van der Waals surface area contributed by atoms with Crippen molar-refractivity contribution in [1.82, 2.24) is 0 Å². The Labute approximate surface area is 108 Å². The van der Waals surface area contributed by atoms with Crippen LogP contribution in [0.5, 0.6) is 0 Å². The molecule has 0 N–H and O–H groups in total. The monoisotopic (exact) mass is 308 g/mol. The van der Waals surface area contributed by atoms with Gasteiger partial charge in [0.1, 0.15) is 4.83 Å². The van der Waals surface area contributed by atoms with Crippen molar-refractivity contribution in [3.8, 4) is 0 Å². The van der Waals surface area contributed by atoms with Crippen LogP contribution >= 0.6 is 15.9 Å². The zero-order valence-electron chi connectivity index (χ0n) is 10.6. The van der Waals surface area contributed by atoms with E-state index in [1.165, 1.54) is 0 Å². The summed E-state index contributed by atoms with van der Waals surface area (Å²) in [5, 5.41) is 0. The molecule has 1 atom stereocenters. The van der Waals surface area contributed by atoms with E-state index >= 15 is 0 Å². The van der Waals surface area contributed by atoms with Crippen molar-refractivity contribution in [3.63, 3.8) is 0 Å². The summed E-state index contributed by atoms with van der Waals surface area (Å²) in [5.41, 5.74) is 4.77. The van der Waals surface area contributed by atoms with Gasteiger partial charge in [-0.1, -0.05) is 15.9 Å². The van der Waals surface area contributed by atoms with Crippen LogP contribution in [0.1, 0.15) is 38.2 Å². The summed E-state index contributed by atoms with van der Waals surface area (Å²) in [6.45, 7) is 9.20. The molecule has 4 heteroatoms. The van der Waals surface area contributed by atoms with Gasteiger partial charge in [-0.2, -0.15) is 13.2 Å². The number of halogens is 4. The fourth-order valence-corrected chi connectivity index (χ4v) is 2.76. The highest BCUT2D eigenvalue weighted by atomic mass is 79.9. The molecule has 0 aliphatic heterocycles. The van der Waals surface area contributed by atoms with Gasteiger partial charge in [-0.3, -0.25) is 0 Å². The Morgan fingerprint density at radius 2 is 1.06 bits per heavy atom. The second kappa shape index (κ2) is 4.63. The average molecular weight is 309 g/mol. The zero-order valence-corrected chi connectivity index (χ0v) is 12.2. The fourth-order valence-electron chi connectivity index (χ4n) is 2.07. The summed E-state index contributed by atoms with van der Waals surface area (Å²) in [6, 6.07) is 0. The van der Waals surface area contributed by atoms with Gasteiger partial charge >= 0.3 is 6.18 Å². The van der Waals surface area contributed by atoms with E-state index in [9.17, 15) is 13.2 Å². The third kappa shape index (κ3) is 2.51. The third-order valence-electron chi connectivity index (χ3n) is 3.60. The van der Waals surface area contributed by atoms with Gasteiger partial charge in [0.15, 0.2) is 0 Å². The quantitative estimate of drug-likeness (QED) is 0.623. The largest absolute Gasteiger partial charge is 0.405 e. The minimum Gasteiger partial charge on any atom is -0.169 e. The van der Waals surface area contributed by atoms with Crippen LogP contribution in [0.25, 0.3) is 0 Å². The normalized spacial score (nSPS) is 13.9. The van der Waals surface area contributed by atoms with Crippen molar-refractivity contribution in [3.05, 3.63) is 33.4 Å². The molecular weight excluding hydrogens is 293 g/mol. The van der Waals surface area contributed by atoms with Crippen LogP contribution in [-0.4, -0.2) is 6.18 Å². The molecule has 1 rings (SSSR count). The molecule has 0 saturated heterocycles. The topological polar surface area (TPSA) is 0 Å². The first-order valence-electron chi connectivity index (χ1n) is 5.36. The van der Waals surface area contributed by atoms with Crippen molar-refractivity contribution >= 4 is 15.9 Å². The lowest BCUT2D eigenvalue weighted by molar-refractivity contribution is -0.128. The van der Waals surface area contributed by atoms with Crippen LogP contribution in [0.15, 0.2) is 0 Å². The summed E-state index contributed by atoms with van der Waals surface area (Å²) in [6.07, 6.45) is -4.26. The molecular formula is C13H16BrF3. The molecule has 0 aliphatic carbocycles. The molecule has 0 spiro atoms. The Morgan fingerprint density at radius 3 is 1.35 bits per heavy atom. The maximum Gasteiger partial charge on any atom is 0.405 e. The van der Waals surface area contributed by atoms with Gasteiger partial charge in [0, 0.05) is 0 Å². The predicted octanol–water partition coefficient (Wildman–Crippen LogP) is 5.23. The molecule has 0 bridgehead atoms. The van der Waals surface area contributed by atoms with Crippen molar-refractivity contribution in [2.75, 3.05) is 0 Å². The van der Waals surface area contributed by atoms with E-state index in [-0.39, 0.29) is 0 Å². The Kier molecular flexibility index (Phi) is 3.97. The van der Waals surface area contributed by atoms with E-state index in [2.05, 4.69) is 15.9 Å². The Morgan fingerprint density at radius 1 is 0.765 bits per heavy atom. The van der Waals surface area contributed by atoms with Gasteiger partial charge in [0.2, 0.25) is 0 Å². The molecule has 0 saturated carbocycles. The number of benzene rings is 1. The number of hydrogen-bond acceptors (Lipinski definition) is 0. The van der Waals surface area contributed by atoms with Crippen molar-refractivity contribution in [2.45, 2.75) is 45.6 Å². The molecule has 17 heavy (non-hydrogen) atoms. The smallest absolute Gasteiger partial charge is 0.169 e. The van der Waals surface area contributed by atoms with Gasteiger partial charge in [-0.15, -0.1) is 0 Å². The molecule has 0 amide bonds.